The van der Waals surface area contributed by atoms with E-state index in [1.54, 1.807) is 14.0 Å². The van der Waals surface area contributed by atoms with Gasteiger partial charge in [0.15, 0.2) is 0 Å². The molecule has 1 aliphatic carbocycles. The number of likely N-dealkylation sites (N-methyl/N-ethyl adjacent to an activating group) is 1. The number of carbonyl (C=O) groups excluding carboxylic acids is 2. The standard InChI is InChI=1S/C10H15N3O2/c1-7(9(14)11-2)5-12-6-13-10(15)8-3-4-8/h5-6,8H,3-4H2,1-2H3,(H,11,14)(H,12,13,15)/b7-5+. The first-order valence-electron chi connectivity index (χ1n) is 4.86. The third-order valence-corrected chi connectivity index (χ3v) is 2.08. The smallest absolute Gasteiger partial charge is 0.248 e. The Kier molecular flexibility index (Phi) is 4.03. The number of hydrogen-bond donors (Lipinski definition) is 2. The molecule has 0 radical (unpaired) electrons. The van der Waals surface area contributed by atoms with Crippen molar-refractivity contribution in [2.45, 2.75) is 19.8 Å². The second-order valence-electron chi connectivity index (χ2n) is 3.45. The maximum absolute atomic E-state index is 11.1. The zero-order chi connectivity index (χ0) is 11.3. The van der Waals surface area contributed by atoms with Crippen LogP contribution >= 0.6 is 0 Å². The lowest BCUT2D eigenvalue weighted by atomic mass is 10.3. The summed E-state index contributed by atoms with van der Waals surface area (Å²) in [6, 6.07) is 0. The molecule has 1 aliphatic rings. The van der Waals surface area contributed by atoms with Crippen LogP contribution in [0.3, 0.4) is 0 Å². The van der Waals surface area contributed by atoms with Gasteiger partial charge in [-0.15, -0.1) is 0 Å². The molecule has 0 spiro atoms. The van der Waals surface area contributed by atoms with E-state index in [0.717, 1.165) is 12.8 Å². The molecule has 0 aromatic carbocycles. The van der Waals surface area contributed by atoms with Crippen molar-refractivity contribution in [3.8, 4) is 0 Å². The lowest BCUT2D eigenvalue weighted by Crippen LogP contribution is -2.22. The Morgan fingerprint density at radius 1 is 1.40 bits per heavy atom. The Labute approximate surface area is 88.6 Å². The first kappa shape index (κ1) is 11.4. The molecule has 5 nitrogen and oxygen atoms in total. The molecule has 0 aromatic rings. The van der Waals surface area contributed by atoms with Crippen molar-refractivity contribution in [2.24, 2.45) is 10.9 Å². The summed E-state index contributed by atoms with van der Waals surface area (Å²) in [4.78, 5) is 26.0. The summed E-state index contributed by atoms with van der Waals surface area (Å²) in [5.41, 5.74) is 0.495. The van der Waals surface area contributed by atoms with E-state index in [-0.39, 0.29) is 17.7 Å². The van der Waals surface area contributed by atoms with Gasteiger partial charge in [0, 0.05) is 24.7 Å². The minimum absolute atomic E-state index is 0.00439. The molecule has 15 heavy (non-hydrogen) atoms. The first-order chi connectivity index (χ1) is 7.15. The molecule has 82 valence electrons. The SMILES string of the molecule is CNC(=O)/C(C)=C/N=CNC(=O)C1CC1. The van der Waals surface area contributed by atoms with Gasteiger partial charge in [-0.2, -0.15) is 0 Å². The Morgan fingerprint density at radius 3 is 2.60 bits per heavy atom. The minimum Gasteiger partial charge on any atom is -0.355 e. The molecule has 0 heterocycles. The third-order valence-electron chi connectivity index (χ3n) is 2.08. The average Bonchev–Trinajstić information content (AvgIpc) is 3.06. The molecule has 0 atom stereocenters. The number of aliphatic imine (C=N–C) groups is 1. The topological polar surface area (TPSA) is 70.6 Å². The van der Waals surface area contributed by atoms with Crippen LogP contribution in [-0.4, -0.2) is 25.2 Å². The van der Waals surface area contributed by atoms with Gasteiger partial charge in [-0.3, -0.25) is 9.59 Å². The van der Waals surface area contributed by atoms with Crippen molar-refractivity contribution < 1.29 is 9.59 Å². The summed E-state index contributed by atoms with van der Waals surface area (Å²) >= 11 is 0. The van der Waals surface area contributed by atoms with Crippen LogP contribution in [0.5, 0.6) is 0 Å². The second kappa shape index (κ2) is 5.29. The molecule has 2 amide bonds. The molecule has 5 heteroatoms. The van der Waals surface area contributed by atoms with Crippen LogP contribution in [0, 0.1) is 5.92 Å². The summed E-state index contributed by atoms with van der Waals surface area (Å²) < 4.78 is 0. The van der Waals surface area contributed by atoms with Crippen molar-refractivity contribution in [3.63, 3.8) is 0 Å². The lowest BCUT2D eigenvalue weighted by molar-refractivity contribution is -0.120. The normalized spacial score (nSPS) is 16.5. The molecule has 2 N–H and O–H groups in total. The Hall–Kier alpha value is -1.65. The fourth-order valence-corrected chi connectivity index (χ4v) is 0.969. The quantitative estimate of drug-likeness (QED) is 0.394. The maximum atomic E-state index is 11.1. The van der Waals surface area contributed by atoms with Gasteiger partial charge in [0.25, 0.3) is 0 Å². The Bertz CT molecular complexity index is 317. The molecule has 0 unspecified atom stereocenters. The first-order valence-corrected chi connectivity index (χ1v) is 4.86. The second-order valence-corrected chi connectivity index (χ2v) is 3.45. The van der Waals surface area contributed by atoms with Crippen LogP contribution in [0.2, 0.25) is 0 Å². The predicted octanol–water partition coefficient (Wildman–Crippen LogP) is 0.191. The van der Waals surface area contributed by atoms with Gasteiger partial charge in [0.1, 0.15) is 0 Å². The number of rotatable bonds is 4. The van der Waals surface area contributed by atoms with E-state index >= 15 is 0 Å². The number of carbonyl (C=O) groups is 2. The van der Waals surface area contributed by atoms with Gasteiger partial charge in [0.05, 0.1) is 6.34 Å². The lowest BCUT2D eigenvalue weighted by Gasteiger charge is -1.96. The van der Waals surface area contributed by atoms with Gasteiger partial charge >= 0.3 is 0 Å². The molecule has 0 saturated heterocycles. The van der Waals surface area contributed by atoms with Gasteiger partial charge < -0.3 is 10.6 Å². The van der Waals surface area contributed by atoms with E-state index in [1.807, 2.05) is 0 Å². The number of nitrogens with zero attached hydrogens (tertiary/aromatic N) is 1. The van der Waals surface area contributed by atoms with Crippen LogP contribution in [0.25, 0.3) is 0 Å². The van der Waals surface area contributed by atoms with Crippen LogP contribution in [0.4, 0.5) is 0 Å². The van der Waals surface area contributed by atoms with Crippen LogP contribution in [-0.2, 0) is 9.59 Å². The number of nitrogens with one attached hydrogen (secondary N) is 2. The fourth-order valence-electron chi connectivity index (χ4n) is 0.969. The highest BCUT2D eigenvalue weighted by molar-refractivity contribution is 5.93. The van der Waals surface area contributed by atoms with Crippen molar-refractivity contribution in [2.75, 3.05) is 7.05 Å². The molecular formula is C10H15N3O2. The zero-order valence-corrected chi connectivity index (χ0v) is 8.91. The third kappa shape index (κ3) is 3.93. The van der Waals surface area contributed by atoms with Gasteiger partial charge in [0.2, 0.25) is 11.8 Å². The summed E-state index contributed by atoms with van der Waals surface area (Å²) in [5.74, 6) is -0.00844. The van der Waals surface area contributed by atoms with Gasteiger partial charge in [-0.05, 0) is 19.8 Å². The van der Waals surface area contributed by atoms with Crippen molar-refractivity contribution >= 4 is 18.2 Å². The van der Waals surface area contributed by atoms with Crippen LogP contribution in [0.1, 0.15) is 19.8 Å². The van der Waals surface area contributed by atoms with Crippen LogP contribution in [0.15, 0.2) is 16.8 Å². The van der Waals surface area contributed by atoms with E-state index in [9.17, 15) is 9.59 Å². The Balaban J connectivity index is 2.31. The average molecular weight is 209 g/mol. The van der Waals surface area contributed by atoms with E-state index in [4.69, 9.17) is 0 Å². The summed E-state index contributed by atoms with van der Waals surface area (Å²) in [7, 11) is 1.55. The number of amides is 2. The van der Waals surface area contributed by atoms with Crippen molar-refractivity contribution in [1.82, 2.24) is 10.6 Å². The van der Waals surface area contributed by atoms with Gasteiger partial charge in [-0.25, -0.2) is 4.99 Å². The summed E-state index contributed by atoms with van der Waals surface area (Å²) in [6.45, 7) is 1.65. The van der Waals surface area contributed by atoms with E-state index < -0.39 is 0 Å². The van der Waals surface area contributed by atoms with E-state index in [1.165, 1.54) is 12.5 Å². The van der Waals surface area contributed by atoms with Crippen LogP contribution < -0.4 is 10.6 Å². The summed E-state index contributed by atoms with van der Waals surface area (Å²) in [5, 5.41) is 5.02. The fraction of sp³-hybridized carbons (Fsp3) is 0.500. The molecule has 1 fully saturated rings. The molecule has 1 rings (SSSR count). The molecular weight excluding hydrogens is 194 g/mol. The van der Waals surface area contributed by atoms with E-state index in [0.29, 0.717) is 5.57 Å². The maximum Gasteiger partial charge on any atom is 0.248 e. The molecule has 0 aromatic heterocycles. The monoisotopic (exact) mass is 209 g/mol. The largest absolute Gasteiger partial charge is 0.355 e. The van der Waals surface area contributed by atoms with Crippen molar-refractivity contribution in [1.29, 1.82) is 0 Å². The minimum atomic E-state index is -0.180. The van der Waals surface area contributed by atoms with Gasteiger partial charge in [-0.1, -0.05) is 0 Å². The zero-order valence-electron chi connectivity index (χ0n) is 8.91. The molecule has 0 bridgehead atoms. The molecule has 0 aliphatic heterocycles. The Morgan fingerprint density at radius 2 is 2.07 bits per heavy atom. The van der Waals surface area contributed by atoms with Crippen molar-refractivity contribution in [3.05, 3.63) is 11.8 Å². The molecule has 1 saturated carbocycles. The van der Waals surface area contributed by atoms with E-state index in [2.05, 4.69) is 15.6 Å². The summed E-state index contributed by atoms with van der Waals surface area (Å²) in [6.07, 6.45) is 4.65. The number of hydrogen-bond acceptors (Lipinski definition) is 3. The highest BCUT2D eigenvalue weighted by Gasteiger charge is 2.28. The highest BCUT2D eigenvalue weighted by atomic mass is 16.2. The highest BCUT2D eigenvalue weighted by Crippen LogP contribution is 2.28. The predicted molar refractivity (Wildman–Crippen MR) is 57.2 cm³/mol.